The van der Waals surface area contributed by atoms with E-state index in [-0.39, 0.29) is 5.69 Å². The maximum absolute atomic E-state index is 11.8. The third-order valence-corrected chi connectivity index (χ3v) is 1.40. The molecule has 0 bridgehead atoms. The van der Waals surface area contributed by atoms with Gasteiger partial charge in [0.15, 0.2) is 0 Å². The number of aromatic nitrogens is 1. The second-order valence-electron chi connectivity index (χ2n) is 1.98. The maximum atomic E-state index is 11.8. The largest absolute Gasteiger partial charge is 0.491 e. The third-order valence-electron chi connectivity index (χ3n) is 1.05. The van der Waals surface area contributed by atoms with Crippen LogP contribution in [0.2, 0.25) is 0 Å². The van der Waals surface area contributed by atoms with Gasteiger partial charge in [0.2, 0.25) is 0 Å². The third kappa shape index (κ3) is 3.16. The second-order valence-corrected chi connectivity index (χ2v) is 2.93. The summed E-state index contributed by atoms with van der Waals surface area (Å²) >= 11 is 0. The first-order valence-electron chi connectivity index (χ1n) is 3.08. The molecule has 0 aromatic carbocycles. The van der Waals surface area contributed by atoms with Crippen molar-refractivity contribution in [2.24, 2.45) is 0 Å². The van der Waals surface area contributed by atoms with Gasteiger partial charge in [-0.1, -0.05) is 9.95 Å². The molecule has 0 N–H and O–H groups in total. The van der Waals surface area contributed by atoms with E-state index in [1.54, 1.807) is 0 Å². The van der Waals surface area contributed by atoms with Gasteiger partial charge in [0, 0.05) is 6.20 Å². The minimum atomic E-state index is -5.26. The quantitative estimate of drug-likeness (QED) is 0.655. The number of halogens is 1. The zero-order valence-electron chi connectivity index (χ0n) is 6.18. The van der Waals surface area contributed by atoms with Crippen LogP contribution in [0.1, 0.15) is 10.5 Å². The van der Waals surface area contributed by atoms with Crippen molar-refractivity contribution in [3.63, 3.8) is 0 Å². The minimum absolute atomic E-state index is 0.274. The highest BCUT2D eigenvalue weighted by Gasteiger charge is 2.17. The Morgan fingerprint density at radius 2 is 2.15 bits per heavy atom. The number of carbonyl (C=O) groups is 1. The van der Waals surface area contributed by atoms with E-state index in [1.165, 1.54) is 24.4 Å². The summed E-state index contributed by atoms with van der Waals surface area (Å²) in [6, 6.07) is 4.16. The lowest BCUT2D eigenvalue weighted by Gasteiger charge is -1.96. The normalized spacial score (nSPS) is 10.8. The highest BCUT2D eigenvalue weighted by atomic mass is 32.3. The summed E-state index contributed by atoms with van der Waals surface area (Å²) in [5.74, 6) is -1.34. The molecule has 0 saturated heterocycles. The molecule has 1 aromatic heterocycles. The van der Waals surface area contributed by atoms with Crippen molar-refractivity contribution in [3.05, 3.63) is 30.1 Å². The fourth-order valence-electron chi connectivity index (χ4n) is 0.617. The summed E-state index contributed by atoms with van der Waals surface area (Å²) < 4.78 is 35.0. The predicted molar refractivity (Wildman–Crippen MR) is 39.7 cm³/mol. The Labute approximate surface area is 73.6 Å². The van der Waals surface area contributed by atoms with Crippen molar-refractivity contribution >= 4 is 16.5 Å². The van der Waals surface area contributed by atoms with Crippen molar-refractivity contribution < 1.29 is 21.3 Å². The molecular formula is C6H4FNO4S. The van der Waals surface area contributed by atoms with Crippen LogP contribution in [-0.2, 0) is 14.7 Å². The van der Waals surface area contributed by atoms with Gasteiger partial charge in [-0.15, -0.1) is 0 Å². The molecule has 0 amide bonds. The fraction of sp³-hybridized carbons (Fsp3) is 0. The molecule has 0 saturated carbocycles. The topological polar surface area (TPSA) is 73.3 Å². The van der Waals surface area contributed by atoms with Gasteiger partial charge in [-0.05, 0) is 12.1 Å². The summed E-state index contributed by atoms with van der Waals surface area (Å²) in [5, 5.41) is 0. The van der Waals surface area contributed by atoms with Crippen LogP contribution in [0.5, 0.6) is 0 Å². The lowest BCUT2D eigenvalue weighted by atomic mass is 10.4. The molecule has 0 aliphatic heterocycles. The zero-order valence-corrected chi connectivity index (χ0v) is 6.99. The van der Waals surface area contributed by atoms with Crippen molar-refractivity contribution in [3.8, 4) is 0 Å². The van der Waals surface area contributed by atoms with E-state index in [0.29, 0.717) is 0 Å². The Balaban J connectivity index is 2.82. The second kappa shape index (κ2) is 3.48. The molecular weight excluding hydrogens is 201 g/mol. The van der Waals surface area contributed by atoms with Crippen LogP contribution >= 0.6 is 0 Å². The maximum Gasteiger partial charge on any atom is 0.491 e. The van der Waals surface area contributed by atoms with Crippen molar-refractivity contribution in [2.45, 2.75) is 0 Å². The van der Waals surface area contributed by atoms with Gasteiger partial charge >= 0.3 is 16.5 Å². The van der Waals surface area contributed by atoms with Crippen molar-refractivity contribution in [1.29, 1.82) is 0 Å². The molecule has 70 valence electrons. The Morgan fingerprint density at radius 3 is 2.62 bits per heavy atom. The van der Waals surface area contributed by atoms with Crippen LogP contribution in [0, 0.1) is 0 Å². The summed E-state index contributed by atoms with van der Waals surface area (Å²) in [7, 11) is -5.26. The summed E-state index contributed by atoms with van der Waals surface area (Å²) in [6.07, 6.45) is 1.25. The van der Waals surface area contributed by atoms with Crippen LogP contribution in [0.3, 0.4) is 0 Å². The number of hydrogen-bond acceptors (Lipinski definition) is 5. The molecule has 0 aliphatic rings. The van der Waals surface area contributed by atoms with E-state index in [4.69, 9.17) is 0 Å². The predicted octanol–water partition coefficient (Wildman–Crippen LogP) is 0.453. The molecule has 5 nitrogen and oxygen atoms in total. The highest BCUT2D eigenvalue weighted by Crippen LogP contribution is 2.01. The average Bonchev–Trinajstić information content (AvgIpc) is 2.03. The van der Waals surface area contributed by atoms with Gasteiger partial charge in [-0.3, -0.25) is 0 Å². The average molecular weight is 205 g/mol. The van der Waals surface area contributed by atoms with E-state index in [0.717, 1.165) is 0 Å². The lowest BCUT2D eigenvalue weighted by Crippen LogP contribution is -2.10. The first-order valence-corrected chi connectivity index (χ1v) is 4.39. The number of nitrogens with zero attached hydrogens (tertiary/aromatic N) is 1. The molecule has 0 unspecified atom stereocenters. The molecule has 0 atom stereocenters. The minimum Gasteiger partial charge on any atom is -0.315 e. The van der Waals surface area contributed by atoms with Crippen LogP contribution in [0.4, 0.5) is 3.89 Å². The summed E-state index contributed by atoms with van der Waals surface area (Å²) in [5.41, 5.74) is -0.274. The zero-order chi connectivity index (χ0) is 9.90. The standard InChI is InChI=1S/C6H4FNO4S/c7-13(10,11)12-6(9)5-3-1-2-4-8-5/h1-4H. The van der Waals surface area contributed by atoms with Crippen LogP contribution in [0.15, 0.2) is 24.4 Å². The van der Waals surface area contributed by atoms with Crippen LogP contribution in [-0.4, -0.2) is 19.4 Å². The van der Waals surface area contributed by atoms with Gasteiger partial charge < -0.3 is 4.18 Å². The number of pyridine rings is 1. The van der Waals surface area contributed by atoms with E-state index >= 15 is 0 Å². The molecule has 1 rings (SSSR count). The number of rotatable bonds is 2. The Hall–Kier alpha value is -1.50. The first kappa shape index (κ1) is 9.59. The molecule has 1 heterocycles. The fourth-order valence-corrected chi connectivity index (χ4v) is 0.883. The summed E-state index contributed by atoms with van der Waals surface area (Å²) in [4.78, 5) is 14.2. The molecule has 0 aliphatic carbocycles. The van der Waals surface area contributed by atoms with Crippen LogP contribution in [0.25, 0.3) is 0 Å². The molecule has 0 radical (unpaired) electrons. The molecule has 0 spiro atoms. The highest BCUT2D eigenvalue weighted by molar-refractivity contribution is 7.81. The van der Waals surface area contributed by atoms with Crippen LogP contribution < -0.4 is 0 Å². The van der Waals surface area contributed by atoms with E-state index in [9.17, 15) is 17.1 Å². The first-order chi connectivity index (χ1) is 5.99. The van der Waals surface area contributed by atoms with E-state index < -0.39 is 16.5 Å². The number of hydrogen-bond donors (Lipinski definition) is 0. The summed E-state index contributed by atoms with van der Waals surface area (Å²) in [6.45, 7) is 0. The van der Waals surface area contributed by atoms with E-state index in [1.807, 2.05) is 0 Å². The van der Waals surface area contributed by atoms with Crippen molar-refractivity contribution in [2.75, 3.05) is 0 Å². The van der Waals surface area contributed by atoms with Gasteiger partial charge in [-0.2, -0.15) is 8.42 Å². The SMILES string of the molecule is O=C(OS(=O)(=O)F)c1ccccn1. The molecule has 13 heavy (non-hydrogen) atoms. The Morgan fingerprint density at radius 1 is 1.46 bits per heavy atom. The van der Waals surface area contributed by atoms with Gasteiger partial charge in [0.25, 0.3) is 0 Å². The Kier molecular flexibility index (Phi) is 2.57. The van der Waals surface area contributed by atoms with E-state index in [2.05, 4.69) is 9.17 Å². The molecule has 0 fully saturated rings. The smallest absolute Gasteiger partial charge is 0.315 e. The van der Waals surface area contributed by atoms with Gasteiger partial charge in [-0.25, -0.2) is 9.78 Å². The molecule has 1 aromatic rings. The van der Waals surface area contributed by atoms with Gasteiger partial charge in [0.1, 0.15) is 5.69 Å². The van der Waals surface area contributed by atoms with Crippen molar-refractivity contribution in [1.82, 2.24) is 4.98 Å². The van der Waals surface area contributed by atoms with Gasteiger partial charge in [0.05, 0.1) is 0 Å². The molecule has 7 heteroatoms. The lowest BCUT2D eigenvalue weighted by molar-refractivity contribution is 0.0730. The number of carbonyl (C=O) groups excluding carboxylic acids is 1. The Bertz CT molecular complexity index is 402. The monoisotopic (exact) mass is 205 g/mol.